The van der Waals surface area contributed by atoms with Crippen molar-refractivity contribution in [3.63, 3.8) is 0 Å². The SMILES string of the molecule is CC1CCN(CC2(N)CCC2)C(C)C1. The Kier molecular flexibility index (Phi) is 2.85. The number of nitrogens with two attached hydrogens (primary N) is 1. The van der Waals surface area contributed by atoms with Crippen LogP contribution in [0.4, 0.5) is 0 Å². The summed E-state index contributed by atoms with van der Waals surface area (Å²) in [5.74, 6) is 0.913. The molecule has 0 spiro atoms. The molecule has 82 valence electrons. The molecule has 2 unspecified atom stereocenters. The van der Waals surface area contributed by atoms with E-state index >= 15 is 0 Å². The average Bonchev–Trinajstić information content (AvgIpc) is 2.07. The summed E-state index contributed by atoms with van der Waals surface area (Å²) in [6.07, 6.45) is 6.54. The molecule has 0 aromatic heterocycles. The van der Waals surface area contributed by atoms with Gasteiger partial charge < -0.3 is 5.73 Å². The second-order valence-corrected chi connectivity index (χ2v) is 5.66. The summed E-state index contributed by atoms with van der Waals surface area (Å²) < 4.78 is 0. The van der Waals surface area contributed by atoms with Gasteiger partial charge in [0.15, 0.2) is 0 Å². The predicted molar refractivity (Wildman–Crippen MR) is 60.2 cm³/mol. The van der Waals surface area contributed by atoms with Gasteiger partial charge in [-0.05, 0) is 51.5 Å². The molecule has 2 heteroatoms. The summed E-state index contributed by atoms with van der Waals surface area (Å²) in [5, 5.41) is 0. The molecular formula is C12H24N2. The monoisotopic (exact) mass is 196 g/mol. The first-order valence-corrected chi connectivity index (χ1v) is 6.12. The Bertz CT molecular complexity index is 198. The molecule has 1 aliphatic carbocycles. The Morgan fingerprint density at radius 3 is 2.57 bits per heavy atom. The van der Waals surface area contributed by atoms with E-state index in [-0.39, 0.29) is 5.54 Å². The molecule has 0 radical (unpaired) electrons. The Hall–Kier alpha value is -0.0800. The number of hydrogen-bond donors (Lipinski definition) is 1. The average molecular weight is 196 g/mol. The van der Waals surface area contributed by atoms with Crippen LogP contribution in [0, 0.1) is 5.92 Å². The van der Waals surface area contributed by atoms with Gasteiger partial charge in [-0.2, -0.15) is 0 Å². The first-order valence-electron chi connectivity index (χ1n) is 6.12. The topological polar surface area (TPSA) is 29.3 Å². The van der Waals surface area contributed by atoms with Crippen LogP contribution in [0.2, 0.25) is 0 Å². The van der Waals surface area contributed by atoms with Crippen LogP contribution in [0.15, 0.2) is 0 Å². The zero-order valence-corrected chi connectivity index (χ0v) is 9.63. The van der Waals surface area contributed by atoms with Crippen molar-refractivity contribution < 1.29 is 0 Å². The van der Waals surface area contributed by atoms with Crippen molar-refractivity contribution >= 4 is 0 Å². The molecule has 1 saturated carbocycles. The number of rotatable bonds is 2. The summed E-state index contributed by atoms with van der Waals surface area (Å²) in [6, 6.07) is 0.750. The van der Waals surface area contributed by atoms with Crippen LogP contribution in [-0.2, 0) is 0 Å². The quantitative estimate of drug-likeness (QED) is 0.732. The van der Waals surface area contributed by atoms with Crippen molar-refractivity contribution in [2.24, 2.45) is 11.7 Å². The van der Waals surface area contributed by atoms with Gasteiger partial charge >= 0.3 is 0 Å². The summed E-state index contributed by atoms with van der Waals surface area (Å²) >= 11 is 0. The van der Waals surface area contributed by atoms with E-state index in [4.69, 9.17) is 5.73 Å². The second-order valence-electron chi connectivity index (χ2n) is 5.66. The highest BCUT2D eigenvalue weighted by Crippen LogP contribution is 2.32. The van der Waals surface area contributed by atoms with E-state index in [1.54, 1.807) is 0 Å². The van der Waals surface area contributed by atoms with Crippen molar-refractivity contribution in [3.8, 4) is 0 Å². The number of likely N-dealkylation sites (tertiary alicyclic amines) is 1. The fraction of sp³-hybridized carbons (Fsp3) is 1.00. The van der Waals surface area contributed by atoms with E-state index in [0.29, 0.717) is 0 Å². The van der Waals surface area contributed by atoms with Gasteiger partial charge in [0.1, 0.15) is 0 Å². The van der Waals surface area contributed by atoms with Crippen molar-refractivity contribution in [3.05, 3.63) is 0 Å². The molecular weight excluding hydrogens is 172 g/mol. The Morgan fingerprint density at radius 1 is 1.36 bits per heavy atom. The molecule has 1 heterocycles. The first-order chi connectivity index (χ1) is 6.59. The summed E-state index contributed by atoms with van der Waals surface area (Å²) in [4.78, 5) is 2.61. The molecule has 1 saturated heterocycles. The van der Waals surface area contributed by atoms with Crippen LogP contribution in [0.1, 0.15) is 46.0 Å². The Morgan fingerprint density at radius 2 is 2.07 bits per heavy atom. The van der Waals surface area contributed by atoms with E-state index in [9.17, 15) is 0 Å². The van der Waals surface area contributed by atoms with E-state index in [0.717, 1.165) is 18.5 Å². The van der Waals surface area contributed by atoms with Crippen molar-refractivity contribution in [2.75, 3.05) is 13.1 Å². The molecule has 2 nitrogen and oxygen atoms in total. The molecule has 14 heavy (non-hydrogen) atoms. The predicted octanol–water partition coefficient (Wildman–Crippen LogP) is 1.99. The Labute approximate surface area is 87.8 Å². The third-order valence-corrected chi connectivity index (χ3v) is 4.14. The standard InChI is InChI=1S/C12H24N2/c1-10-4-7-14(11(2)8-10)9-12(13)5-3-6-12/h10-11H,3-9,13H2,1-2H3. The lowest BCUT2D eigenvalue weighted by Gasteiger charge is -2.46. The van der Waals surface area contributed by atoms with E-state index in [1.807, 2.05) is 0 Å². The van der Waals surface area contributed by atoms with Gasteiger partial charge in [-0.25, -0.2) is 0 Å². The summed E-state index contributed by atoms with van der Waals surface area (Å²) in [6.45, 7) is 7.13. The van der Waals surface area contributed by atoms with E-state index < -0.39 is 0 Å². The maximum absolute atomic E-state index is 6.29. The molecule has 2 fully saturated rings. The minimum Gasteiger partial charge on any atom is -0.324 e. The summed E-state index contributed by atoms with van der Waals surface area (Å²) in [7, 11) is 0. The summed E-state index contributed by atoms with van der Waals surface area (Å²) in [5.41, 5.74) is 6.46. The normalized spacial score (nSPS) is 37.9. The van der Waals surface area contributed by atoms with Gasteiger partial charge in [-0.1, -0.05) is 6.92 Å². The zero-order valence-electron chi connectivity index (χ0n) is 9.63. The lowest BCUT2D eigenvalue weighted by molar-refractivity contribution is 0.0734. The molecule has 0 amide bonds. The fourth-order valence-corrected chi connectivity index (χ4v) is 2.88. The maximum Gasteiger partial charge on any atom is 0.0283 e. The van der Waals surface area contributed by atoms with Crippen molar-refractivity contribution in [1.82, 2.24) is 4.90 Å². The van der Waals surface area contributed by atoms with Gasteiger partial charge in [0.2, 0.25) is 0 Å². The lowest BCUT2D eigenvalue weighted by atomic mass is 9.76. The third-order valence-electron chi connectivity index (χ3n) is 4.14. The number of hydrogen-bond acceptors (Lipinski definition) is 2. The minimum atomic E-state index is 0.175. The molecule has 2 aliphatic rings. The highest BCUT2D eigenvalue weighted by atomic mass is 15.2. The number of nitrogens with zero attached hydrogens (tertiary/aromatic N) is 1. The fourth-order valence-electron chi connectivity index (χ4n) is 2.88. The van der Waals surface area contributed by atoms with Gasteiger partial charge in [0, 0.05) is 18.1 Å². The molecule has 2 rings (SSSR count). The second kappa shape index (κ2) is 3.82. The highest BCUT2D eigenvalue weighted by Gasteiger charge is 2.36. The molecule has 0 aromatic rings. The highest BCUT2D eigenvalue weighted by molar-refractivity contribution is 4.96. The van der Waals surface area contributed by atoms with Crippen molar-refractivity contribution in [1.29, 1.82) is 0 Å². The molecule has 2 N–H and O–H groups in total. The van der Waals surface area contributed by atoms with E-state index in [1.165, 1.54) is 38.6 Å². The first kappa shape index (κ1) is 10.4. The lowest BCUT2D eigenvalue weighted by Crippen LogP contribution is -2.57. The van der Waals surface area contributed by atoms with Crippen LogP contribution in [0.3, 0.4) is 0 Å². The molecule has 2 atom stereocenters. The van der Waals surface area contributed by atoms with Crippen LogP contribution in [0.25, 0.3) is 0 Å². The van der Waals surface area contributed by atoms with Gasteiger partial charge in [-0.15, -0.1) is 0 Å². The van der Waals surface area contributed by atoms with Crippen LogP contribution in [0.5, 0.6) is 0 Å². The number of piperidine rings is 1. The van der Waals surface area contributed by atoms with Gasteiger partial charge in [0.05, 0.1) is 0 Å². The molecule has 1 aliphatic heterocycles. The van der Waals surface area contributed by atoms with Gasteiger partial charge in [0.25, 0.3) is 0 Å². The van der Waals surface area contributed by atoms with Crippen LogP contribution >= 0.6 is 0 Å². The zero-order chi connectivity index (χ0) is 10.2. The van der Waals surface area contributed by atoms with Crippen LogP contribution < -0.4 is 5.73 Å². The maximum atomic E-state index is 6.29. The van der Waals surface area contributed by atoms with Crippen LogP contribution in [-0.4, -0.2) is 29.6 Å². The van der Waals surface area contributed by atoms with E-state index in [2.05, 4.69) is 18.7 Å². The minimum absolute atomic E-state index is 0.175. The molecule has 0 aromatic carbocycles. The largest absolute Gasteiger partial charge is 0.324 e. The Balaban J connectivity index is 1.85. The molecule has 0 bridgehead atoms. The van der Waals surface area contributed by atoms with Crippen molar-refractivity contribution in [2.45, 2.75) is 57.5 Å². The smallest absolute Gasteiger partial charge is 0.0283 e. The third kappa shape index (κ3) is 2.12. The van der Waals surface area contributed by atoms with Gasteiger partial charge in [-0.3, -0.25) is 4.90 Å².